The Bertz CT molecular complexity index is 525. The van der Waals surface area contributed by atoms with Gasteiger partial charge >= 0.3 is 6.09 Å². The van der Waals surface area contributed by atoms with Crippen LogP contribution in [0, 0.1) is 0 Å². The zero-order valence-corrected chi connectivity index (χ0v) is 15.2. The zero-order chi connectivity index (χ0) is 17.7. The molecule has 0 aliphatic carbocycles. The number of piperazine rings is 1. The highest BCUT2D eigenvalue weighted by Crippen LogP contribution is 2.20. The van der Waals surface area contributed by atoms with E-state index in [1.54, 1.807) is 11.8 Å². The van der Waals surface area contributed by atoms with E-state index in [1.165, 1.54) is 5.56 Å². The number of ether oxygens (including phenoxy) is 1. The van der Waals surface area contributed by atoms with E-state index in [0.29, 0.717) is 13.0 Å². The Morgan fingerprint density at radius 2 is 1.96 bits per heavy atom. The standard InChI is InChI=1S/C19H30N2O3/c1-15(22)12-17-14-20(13-16-8-6-5-7-9-16)10-11-21(17)18(23)24-19(2,3)4/h5-9,15,17,22H,10-14H2,1-4H3/t15?,17-/m0/s1. The van der Waals surface area contributed by atoms with E-state index in [0.717, 1.165) is 19.6 Å². The summed E-state index contributed by atoms with van der Waals surface area (Å²) in [6.45, 7) is 10.4. The van der Waals surface area contributed by atoms with Crippen LogP contribution in [-0.2, 0) is 11.3 Å². The van der Waals surface area contributed by atoms with Crippen LogP contribution in [0.15, 0.2) is 30.3 Å². The van der Waals surface area contributed by atoms with Gasteiger partial charge in [0, 0.05) is 26.2 Å². The van der Waals surface area contributed by atoms with Crippen molar-refractivity contribution in [2.24, 2.45) is 0 Å². The van der Waals surface area contributed by atoms with Gasteiger partial charge in [0.2, 0.25) is 0 Å². The fraction of sp³-hybridized carbons (Fsp3) is 0.632. The second kappa shape index (κ2) is 7.99. The molecule has 0 spiro atoms. The topological polar surface area (TPSA) is 53.0 Å². The van der Waals surface area contributed by atoms with Crippen molar-refractivity contribution in [3.05, 3.63) is 35.9 Å². The summed E-state index contributed by atoms with van der Waals surface area (Å²) in [5.74, 6) is 0. The highest BCUT2D eigenvalue weighted by atomic mass is 16.6. The number of aliphatic hydroxyl groups is 1. The summed E-state index contributed by atoms with van der Waals surface area (Å²) in [5.41, 5.74) is 0.757. The third-order valence-corrected chi connectivity index (χ3v) is 4.06. The minimum Gasteiger partial charge on any atom is -0.444 e. The number of amides is 1. The molecular weight excluding hydrogens is 304 g/mol. The number of rotatable bonds is 4. The summed E-state index contributed by atoms with van der Waals surface area (Å²) in [6.07, 6.45) is -0.172. The summed E-state index contributed by atoms with van der Waals surface area (Å²) in [7, 11) is 0. The molecule has 134 valence electrons. The number of nitrogens with zero attached hydrogens (tertiary/aromatic N) is 2. The summed E-state index contributed by atoms with van der Waals surface area (Å²) < 4.78 is 5.53. The van der Waals surface area contributed by atoms with E-state index < -0.39 is 11.7 Å². The summed E-state index contributed by atoms with van der Waals surface area (Å²) in [5, 5.41) is 9.82. The molecule has 1 aliphatic rings. The molecule has 5 heteroatoms. The minimum atomic E-state index is -0.506. The van der Waals surface area contributed by atoms with E-state index >= 15 is 0 Å². The quantitative estimate of drug-likeness (QED) is 0.920. The summed E-state index contributed by atoms with van der Waals surface area (Å²) in [6, 6.07) is 10.3. The van der Waals surface area contributed by atoms with Crippen LogP contribution in [0.4, 0.5) is 4.79 Å². The molecule has 2 atom stereocenters. The molecule has 1 N–H and O–H groups in total. The largest absolute Gasteiger partial charge is 0.444 e. The molecule has 24 heavy (non-hydrogen) atoms. The Labute approximate surface area is 145 Å². The number of carbonyl (C=O) groups excluding carboxylic acids is 1. The van der Waals surface area contributed by atoms with Gasteiger partial charge in [-0.05, 0) is 39.7 Å². The molecular formula is C19H30N2O3. The molecule has 0 bridgehead atoms. The Morgan fingerprint density at radius 3 is 2.54 bits per heavy atom. The van der Waals surface area contributed by atoms with Gasteiger partial charge in [-0.2, -0.15) is 0 Å². The lowest BCUT2D eigenvalue weighted by molar-refractivity contribution is -0.0103. The lowest BCUT2D eigenvalue weighted by Crippen LogP contribution is -2.56. The molecule has 0 saturated carbocycles. The first kappa shape index (κ1) is 18.7. The number of carbonyl (C=O) groups is 1. The van der Waals surface area contributed by atoms with E-state index in [9.17, 15) is 9.90 Å². The zero-order valence-electron chi connectivity index (χ0n) is 15.2. The maximum absolute atomic E-state index is 12.5. The van der Waals surface area contributed by atoms with Gasteiger partial charge in [-0.15, -0.1) is 0 Å². The van der Waals surface area contributed by atoms with Crippen LogP contribution in [0.3, 0.4) is 0 Å². The maximum Gasteiger partial charge on any atom is 0.410 e. The van der Waals surface area contributed by atoms with Crippen LogP contribution < -0.4 is 0 Å². The van der Waals surface area contributed by atoms with E-state index in [2.05, 4.69) is 17.0 Å². The molecule has 1 aromatic carbocycles. The smallest absolute Gasteiger partial charge is 0.410 e. The maximum atomic E-state index is 12.5. The second-order valence-corrected chi connectivity index (χ2v) is 7.63. The van der Waals surface area contributed by atoms with Crippen molar-refractivity contribution >= 4 is 6.09 Å². The van der Waals surface area contributed by atoms with Crippen LogP contribution in [0.2, 0.25) is 0 Å². The number of hydrogen-bond donors (Lipinski definition) is 1. The van der Waals surface area contributed by atoms with Crippen LogP contribution in [0.5, 0.6) is 0 Å². The molecule has 5 nitrogen and oxygen atoms in total. The molecule has 1 aliphatic heterocycles. The van der Waals surface area contributed by atoms with Crippen molar-refractivity contribution < 1.29 is 14.6 Å². The Balaban J connectivity index is 2.02. The van der Waals surface area contributed by atoms with Gasteiger partial charge in [0.15, 0.2) is 0 Å². The Hall–Kier alpha value is -1.59. The number of benzene rings is 1. The Kier molecular flexibility index (Phi) is 6.24. The fourth-order valence-corrected chi connectivity index (χ4v) is 3.06. The molecule has 2 rings (SSSR count). The van der Waals surface area contributed by atoms with Gasteiger partial charge in [-0.1, -0.05) is 30.3 Å². The molecule has 0 radical (unpaired) electrons. The minimum absolute atomic E-state index is 0.0303. The average Bonchev–Trinajstić information content (AvgIpc) is 2.46. The van der Waals surface area contributed by atoms with Crippen molar-refractivity contribution in [3.8, 4) is 0 Å². The molecule has 1 fully saturated rings. The van der Waals surface area contributed by atoms with Gasteiger partial charge in [-0.3, -0.25) is 4.90 Å². The van der Waals surface area contributed by atoms with Crippen LogP contribution in [0.25, 0.3) is 0 Å². The third kappa shape index (κ3) is 5.80. The van der Waals surface area contributed by atoms with Crippen LogP contribution in [-0.4, -0.2) is 58.4 Å². The molecule has 1 unspecified atom stereocenters. The predicted octanol–water partition coefficient (Wildman–Crippen LogP) is 2.88. The number of hydrogen-bond acceptors (Lipinski definition) is 4. The summed E-state index contributed by atoms with van der Waals surface area (Å²) >= 11 is 0. The van der Waals surface area contributed by atoms with Gasteiger partial charge < -0.3 is 14.7 Å². The average molecular weight is 334 g/mol. The van der Waals surface area contributed by atoms with Crippen LogP contribution in [0.1, 0.15) is 39.7 Å². The lowest BCUT2D eigenvalue weighted by Gasteiger charge is -2.42. The SMILES string of the molecule is CC(O)C[C@H]1CN(Cc2ccccc2)CCN1C(=O)OC(C)(C)C. The molecule has 1 aromatic rings. The predicted molar refractivity (Wildman–Crippen MR) is 94.7 cm³/mol. The van der Waals surface area contributed by atoms with Gasteiger partial charge in [0.25, 0.3) is 0 Å². The van der Waals surface area contributed by atoms with E-state index in [-0.39, 0.29) is 12.1 Å². The third-order valence-electron chi connectivity index (χ3n) is 4.06. The van der Waals surface area contributed by atoms with E-state index in [4.69, 9.17) is 4.74 Å². The lowest BCUT2D eigenvalue weighted by atomic mass is 10.0. The van der Waals surface area contributed by atoms with Crippen molar-refractivity contribution in [1.82, 2.24) is 9.80 Å². The summed E-state index contributed by atoms with van der Waals surface area (Å²) in [4.78, 5) is 16.6. The fourth-order valence-electron chi connectivity index (χ4n) is 3.06. The molecule has 1 saturated heterocycles. The first-order valence-corrected chi connectivity index (χ1v) is 8.68. The van der Waals surface area contributed by atoms with Crippen molar-refractivity contribution in [3.63, 3.8) is 0 Å². The van der Waals surface area contributed by atoms with Crippen molar-refractivity contribution in [1.29, 1.82) is 0 Å². The normalized spacial score (nSPS) is 20.7. The highest BCUT2D eigenvalue weighted by Gasteiger charge is 2.33. The Morgan fingerprint density at radius 1 is 1.29 bits per heavy atom. The number of aliphatic hydroxyl groups excluding tert-OH is 1. The van der Waals surface area contributed by atoms with Crippen LogP contribution >= 0.6 is 0 Å². The van der Waals surface area contributed by atoms with Gasteiger partial charge in [0.1, 0.15) is 5.60 Å². The van der Waals surface area contributed by atoms with Gasteiger partial charge in [-0.25, -0.2) is 4.79 Å². The van der Waals surface area contributed by atoms with E-state index in [1.807, 2.05) is 39.0 Å². The van der Waals surface area contributed by atoms with Crippen molar-refractivity contribution in [2.45, 2.75) is 58.4 Å². The molecule has 1 heterocycles. The molecule has 1 amide bonds. The molecule has 0 aromatic heterocycles. The monoisotopic (exact) mass is 334 g/mol. The first-order chi connectivity index (χ1) is 11.2. The second-order valence-electron chi connectivity index (χ2n) is 7.63. The van der Waals surface area contributed by atoms with Crippen molar-refractivity contribution in [2.75, 3.05) is 19.6 Å². The highest BCUT2D eigenvalue weighted by molar-refractivity contribution is 5.68. The first-order valence-electron chi connectivity index (χ1n) is 8.68. The van der Waals surface area contributed by atoms with Gasteiger partial charge in [0.05, 0.1) is 12.1 Å².